The van der Waals surface area contributed by atoms with Gasteiger partial charge in [-0.1, -0.05) is 18.2 Å². The molecule has 0 fully saturated rings. The fraction of sp³-hybridized carbons (Fsp3) is 0.391. The van der Waals surface area contributed by atoms with E-state index in [9.17, 15) is 13.6 Å². The zero-order valence-corrected chi connectivity index (χ0v) is 18.6. The Kier molecular flexibility index (Phi) is 10.2. The van der Waals surface area contributed by atoms with Crippen molar-refractivity contribution in [2.45, 2.75) is 26.4 Å². The average Bonchev–Trinajstić information content (AvgIpc) is 2.78. The van der Waals surface area contributed by atoms with E-state index in [0.29, 0.717) is 37.6 Å². The molecular weight excluding hydrogens is 418 g/mol. The van der Waals surface area contributed by atoms with E-state index in [0.717, 1.165) is 17.5 Å². The molecule has 9 heteroatoms. The largest absolute Gasteiger partial charge is 0.493 e. The molecule has 1 amide bonds. The van der Waals surface area contributed by atoms with Crippen LogP contribution in [-0.2, 0) is 12.8 Å². The monoisotopic (exact) mass is 448 g/mol. The highest BCUT2D eigenvalue weighted by molar-refractivity contribution is 5.94. The number of amides is 1. The van der Waals surface area contributed by atoms with E-state index in [1.54, 1.807) is 31.3 Å². The number of guanidine groups is 1. The van der Waals surface area contributed by atoms with Gasteiger partial charge in [0, 0.05) is 32.2 Å². The first kappa shape index (κ1) is 24.9. The van der Waals surface area contributed by atoms with Crippen LogP contribution in [0.15, 0.2) is 47.5 Å². The molecule has 3 N–H and O–H groups in total. The van der Waals surface area contributed by atoms with Crippen LogP contribution in [0, 0.1) is 0 Å². The van der Waals surface area contributed by atoms with Crippen LogP contribution >= 0.6 is 0 Å². The summed E-state index contributed by atoms with van der Waals surface area (Å²) >= 11 is 0. The molecule has 174 valence electrons. The van der Waals surface area contributed by atoms with Crippen molar-refractivity contribution in [3.63, 3.8) is 0 Å². The summed E-state index contributed by atoms with van der Waals surface area (Å²) in [5.41, 5.74) is 2.48. The zero-order chi connectivity index (χ0) is 23.3. The lowest BCUT2D eigenvalue weighted by atomic mass is 10.1. The fourth-order valence-corrected chi connectivity index (χ4v) is 3.04. The number of hydrogen-bond donors (Lipinski definition) is 3. The third-order valence-corrected chi connectivity index (χ3v) is 4.58. The van der Waals surface area contributed by atoms with Gasteiger partial charge in [0.1, 0.15) is 0 Å². The highest BCUT2D eigenvalue weighted by Gasteiger charge is 2.11. The van der Waals surface area contributed by atoms with E-state index in [-0.39, 0.29) is 17.4 Å². The Hall–Kier alpha value is -3.36. The maximum Gasteiger partial charge on any atom is 0.387 e. The summed E-state index contributed by atoms with van der Waals surface area (Å²) in [6, 6.07) is 12.4. The Labute approximate surface area is 187 Å². The SMILES string of the molecule is CCNC(=NCCc1ccc(OC)c(OC(F)F)c1)NCCc1cccc(C(=O)NC)c1. The molecule has 0 unspecified atom stereocenters. The van der Waals surface area contributed by atoms with Gasteiger partial charge in [-0.3, -0.25) is 9.79 Å². The van der Waals surface area contributed by atoms with Gasteiger partial charge in [0.05, 0.1) is 7.11 Å². The molecule has 2 rings (SSSR count). The standard InChI is InChI=1S/C23H30F2N4O3/c1-4-27-23(28-12-10-16-6-5-7-18(14-16)21(30)26-2)29-13-11-17-8-9-19(31-3)20(15-17)32-22(24)25/h5-9,14-15,22H,4,10-13H2,1-3H3,(H,26,30)(H2,27,28,29). The number of halogens is 2. The molecule has 0 heterocycles. The van der Waals surface area contributed by atoms with E-state index in [2.05, 4.69) is 25.7 Å². The van der Waals surface area contributed by atoms with Crippen LogP contribution in [0.4, 0.5) is 8.78 Å². The topological polar surface area (TPSA) is 84.0 Å². The molecule has 2 aromatic rings. The third-order valence-electron chi connectivity index (χ3n) is 4.58. The van der Waals surface area contributed by atoms with E-state index in [1.807, 2.05) is 25.1 Å². The summed E-state index contributed by atoms with van der Waals surface area (Å²) in [6.45, 7) is 0.854. The van der Waals surface area contributed by atoms with Crippen LogP contribution in [0.25, 0.3) is 0 Å². The van der Waals surface area contributed by atoms with Crippen LogP contribution in [0.1, 0.15) is 28.4 Å². The van der Waals surface area contributed by atoms with Crippen molar-refractivity contribution in [3.8, 4) is 11.5 Å². The van der Waals surface area contributed by atoms with Crippen LogP contribution in [0.5, 0.6) is 11.5 Å². The molecule has 0 bridgehead atoms. The quantitative estimate of drug-likeness (QED) is 0.364. The molecule has 0 atom stereocenters. The Morgan fingerprint density at radius 3 is 2.53 bits per heavy atom. The molecule has 0 aromatic heterocycles. The van der Waals surface area contributed by atoms with E-state index in [4.69, 9.17) is 4.74 Å². The second-order valence-electron chi connectivity index (χ2n) is 6.83. The predicted octanol–water partition coefficient (Wildman–Crippen LogP) is 3.00. The molecule has 0 saturated heterocycles. The summed E-state index contributed by atoms with van der Waals surface area (Å²) in [5, 5.41) is 9.07. The number of ether oxygens (including phenoxy) is 2. The van der Waals surface area contributed by atoms with Gasteiger partial charge >= 0.3 is 6.61 Å². The van der Waals surface area contributed by atoms with Crippen molar-refractivity contribution in [1.82, 2.24) is 16.0 Å². The Balaban J connectivity index is 1.92. The lowest BCUT2D eigenvalue weighted by molar-refractivity contribution is -0.0512. The minimum atomic E-state index is -2.92. The number of hydrogen-bond acceptors (Lipinski definition) is 4. The van der Waals surface area contributed by atoms with Gasteiger partial charge in [0.25, 0.3) is 5.91 Å². The van der Waals surface area contributed by atoms with Crippen molar-refractivity contribution in [2.75, 3.05) is 33.8 Å². The van der Waals surface area contributed by atoms with E-state index < -0.39 is 6.61 Å². The van der Waals surface area contributed by atoms with Crippen molar-refractivity contribution in [1.29, 1.82) is 0 Å². The summed E-state index contributed by atoms with van der Waals surface area (Å²) < 4.78 is 34.8. The fourth-order valence-electron chi connectivity index (χ4n) is 3.04. The number of methoxy groups -OCH3 is 1. The minimum absolute atomic E-state index is 0.00740. The molecule has 0 aliphatic carbocycles. The summed E-state index contributed by atoms with van der Waals surface area (Å²) in [4.78, 5) is 16.3. The second-order valence-corrected chi connectivity index (χ2v) is 6.83. The lowest BCUT2D eigenvalue weighted by Gasteiger charge is -2.13. The lowest BCUT2D eigenvalue weighted by Crippen LogP contribution is -2.38. The van der Waals surface area contributed by atoms with E-state index in [1.165, 1.54) is 7.11 Å². The van der Waals surface area contributed by atoms with Gasteiger partial charge in [0.15, 0.2) is 17.5 Å². The number of aliphatic imine (C=N–C) groups is 1. The van der Waals surface area contributed by atoms with Gasteiger partial charge in [-0.2, -0.15) is 8.78 Å². The molecule has 7 nitrogen and oxygen atoms in total. The number of carbonyl (C=O) groups is 1. The zero-order valence-electron chi connectivity index (χ0n) is 18.6. The number of carbonyl (C=O) groups excluding carboxylic acids is 1. The van der Waals surface area contributed by atoms with E-state index >= 15 is 0 Å². The molecule has 0 aliphatic rings. The molecule has 2 aromatic carbocycles. The molecule has 32 heavy (non-hydrogen) atoms. The Morgan fingerprint density at radius 1 is 1.06 bits per heavy atom. The van der Waals surface area contributed by atoms with Crippen molar-refractivity contribution >= 4 is 11.9 Å². The second kappa shape index (κ2) is 13.1. The molecule has 0 saturated carbocycles. The van der Waals surface area contributed by atoms with Crippen LogP contribution in [0.3, 0.4) is 0 Å². The third kappa shape index (κ3) is 8.05. The smallest absolute Gasteiger partial charge is 0.387 e. The molecule has 0 spiro atoms. The highest BCUT2D eigenvalue weighted by atomic mass is 19.3. The highest BCUT2D eigenvalue weighted by Crippen LogP contribution is 2.29. The molecular formula is C23H30F2N4O3. The maximum absolute atomic E-state index is 12.6. The predicted molar refractivity (Wildman–Crippen MR) is 121 cm³/mol. The van der Waals surface area contributed by atoms with Crippen molar-refractivity contribution in [3.05, 3.63) is 59.2 Å². The number of alkyl halides is 2. The first-order valence-electron chi connectivity index (χ1n) is 10.4. The van der Waals surface area contributed by atoms with Crippen LogP contribution < -0.4 is 25.4 Å². The van der Waals surface area contributed by atoms with Gasteiger partial charge < -0.3 is 25.4 Å². The van der Waals surface area contributed by atoms with Gasteiger partial charge in [-0.15, -0.1) is 0 Å². The summed E-state index contributed by atoms with van der Waals surface area (Å²) in [7, 11) is 3.01. The first-order valence-corrected chi connectivity index (χ1v) is 10.4. The summed E-state index contributed by atoms with van der Waals surface area (Å²) in [6.07, 6.45) is 1.27. The molecule has 0 radical (unpaired) electrons. The van der Waals surface area contributed by atoms with Crippen molar-refractivity contribution in [2.24, 2.45) is 4.99 Å². The minimum Gasteiger partial charge on any atom is -0.493 e. The van der Waals surface area contributed by atoms with Gasteiger partial charge in [-0.05, 0) is 55.2 Å². The Morgan fingerprint density at radius 2 is 1.84 bits per heavy atom. The van der Waals surface area contributed by atoms with Crippen molar-refractivity contribution < 1.29 is 23.0 Å². The number of nitrogens with one attached hydrogen (secondary N) is 3. The average molecular weight is 449 g/mol. The first-order chi connectivity index (χ1) is 15.5. The summed E-state index contributed by atoms with van der Waals surface area (Å²) in [5.74, 6) is 0.809. The Bertz CT molecular complexity index is 907. The maximum atomic E-state index is 12.6. The van der Waals surface area contributed by atoms with Gasteiger partial charge in [-0.25, -0.2) is 0 Å². The van der Waals surface area contributed by atoms with Crippen LogP contribution in [0.2, 0.25) is 0 Å². The normalized spacial score (nSPS) is 11.2. The number of rotatable bonds is 11. The number of benzene rings is 2. The number of nitrogens with zero attached hydrogens (tertiary/aromatic N) is 1. The molecule has 0 aliphatic heterocycles. The van der Waals surface area contributed by atoms with Crippen LogP contribution in [-0.4, -0.2) is 52.3 Å². The van der Waals surface area contributed by atoms with Gasteiger partial charge in [0.2, 0.25) is 0 Å².